The molecule has 2 atom stereocenters. The van der Waals surface area contributed by atoms with Crippen molar-refractivity contribution in [2.24, 2.45) is 11.8 Å². The van der Waals surface area contributed by atoms with Gasteiger partial charge in [0, 0.05) is 12.6 Å². The summed E-state index contributed by atoms with van der Waals surface area (Å²) < 4.78 is 0. The van der Waals surface area contributed by atoms with Crippen molar-refractivity contribution in [2.45, 2.75) is 58.4 Å². The Balaban J connectivity index is 1.42. The minimum absolute atomic E-state index is 0.787. The summed E-state index contributed by atoms with van der Waals surface area (Å²) in [6.45, 7) is 9.71. The molecule has 1 saturated heterocycles. The zero-order valence-corrected chi connectivity index (χ0v) is 11.8. The highest BCUT2D eigenvalue weighted by molar-refractivity contribution is 4.91. The second kappa shape index (κ2) is 6.75. The van der Waals surface area contributed by atoms with E-state index >= 15 is 0 Å². The summed E-state index contributed by atoms with van der Waals surface area (Å²) in [6, 6.07) is 0.971. The van der Waals surface area contributed by atoms with Crippen molar-refractivity contribution in [2.75, 3.05) is 26.2 Å². The molecule has 1 heterocycles. The van der Waals surface area contributed by atoms with Crippen molar-refractivity contribution >= 4 is 0 Å². The Hall–Kier alpha value is -0.0800. The Kier molecular flexibility index (Phi) is 5.30. The maximum Gasteiger partial charge on any atom is 0.00985 e. The van der Waals surface area contributed by atoms with E-state index in [1.54, 1.807) is 0 Å². The van der Waals surface area contributed by atoms with Crippen molar-refractivity contribution in [3.63, 3.8) is 0 Å². The van der Waals surface area contributed by atoms with Crippen LogP contribution in [-0.4, -0.2) is 37.1 Å². The lowest BCUT2D eigenvalue weighted by Crippen LogP contribution is -2.32. The van der Waals surface area contributed by atoms with Gasteiger partial charge in [0.1, 0.15) is 0 Å². The highest BCUT2D eigenvalue weighted by atomic mass is 15.2. The first-order chi connectivity index (χ1) is 8.25. The van der Waals surface area contributed by atoms with Crippen LogP contribution in [0.5, 0.6) is 0 Å². The van der Waals surface area contributed by atoms with Crippen molar-refractivity contribution in [1.82, 2.24) is 10.2 Å². The molecule has 17 heavy (non-hydrogen) atoms. The number of hydrogen-bond donors (Lipinski definition) is 1. The molecule has 2 bridgehead atoms. The molecule has 2 nitrogen and oxygen atoms in total. The molecule has 2 fully saturated rings. The lowest BCUT2D eigenvalue weighted by atomic mass is 10.1. The summed E-state index contributed by atoms with van der Waals surface area (Å²) in [5.41, 5.74) is 0. The smallest absolute Gasteiger partial charge is 0.00985 e. The summed E-state index contributed by atoms with van der Waals surface area (Å²) in [4.78, 5) is 2.76. The minimum Gasteiger partial charge on any atom is -0.316 e. The topological polar surface area (TPSA) is 15.3 Å². The van der Waals surface area contributed by atoms with Crippen LogP contribution in [0, 0.1) is 11.8 Å². The lowest BCUT2D eigenvalue weighted by molar-refractivity contribution is 0.209. The van der Waals surface area contributed by atoms with E-state index < -0.39 is 0 Å². The molecule has 0 radical (unpaired) electrons. The number of nitrogens with one attached hydrogen (secondary N) is 1. The van der Waals surface area contributed by atoms with E-state index in [1.165, 1.54) is 64.7 Å². The molecule has 0 spiro atoms. The second-order valence-electron chi connectivity index (χ2n) is 6.49. The number of rotatable bonds is 8. The molecule has 0 aromatic rings. The second-order valence-corrected chi connectivity index (χ2v) is 6.49. The van der Waals surface area contributed by atoms with E-state index in [0.29, 0.717) is 0 Å². The van der Waals surface area contributed by atoms with E-state index in [4.69, 9.17) is 0 Å². The van der Waals surface area contributed by atoms with Gasteiger partial charge in [-0.1, -0.05) is 20.3 Å². The molecule has 100 valence electrons. The van der Waals surface area contributed by atoms with Gasteiger partial charge in [0.2, 0.25) is 0 Å². The highest BCUT2D eigenvalue weighted by Crippen LogP contribution is 2.37. The van der Waals surface area contributed by atoms with Crippen LogP contribution in [0.25, 0.3) is 0 Å². The highest BCUT2D eigenvalue weighted by Gasteiger charge is 2.36. The Morgan fingerprint density at radius 2 is 2.06 bits per heavy atom. The van der Waals surface area contributed by atoms with Gasteiger partial charge in [-0.2, -0.15) is 0 Å². The van der Waals surface area contributed by atoms with Crippen LogP contribution in [-0.2, 0) is 0 Å². The normalized spacial score (nSPS) is 28.4. The minimum atomic E-state index is 0.787. The molecule has 1 aliphatic carbocycles. The number of piperidine rings is 1. The number of unbranched alkanes of at least 4 members (excludes halogenated alkanes) is 2. The van der Waals surface area contributed by atoms with Crippen LogP contribution in [0.3, 0.4) is 0 Å². The fourth-order valence-corrected chi connectivity index (χ4v) is 3.43. The van der Waals surface area contributed by atoms with Gasteiger partial charge < -0.3 is 10.2 Å². The van der Waals surface area contributed by atoms with Crippen molar-refractivity contribution in [3.8, 4) is 0 Å². The maximum absolute atomic E-state index is 3.53. The number of hydrogen-bond acceptors (Lipinski definition) is 2. The molecule has 2 rings (SSSR count). The third-order valence-corrected chi connectivity index (χ3v) is 4.37. The molecule has 0 aromatic heterocycles. The van der Waals surface area contributed by atoms with Gasteiger partial charge in [-0.05, 0) is 63.6 Å². The largest absolute Gasteiger partial charge is 0.316 e. The molecule has 0 amide bonds. The molecule has 1 saturated carbocycles. The molecular weight excluding hydrogens is 208 g/mol. The molecule has 0 aromatic carbocycles. The van der Waals surface area contributed by atoms with Crippen LogP contribution in [0.1, 0.15) is 52.4 Å². The monoisotopic (exact) mass is 238 g/mol. The van der Waals surface area contributed by atoms with E-state index in [-0.39, 0.29) is 0 Å². The van der Waals surface area contributed by atoms with Crippen LogP contribution >= 0.6 is 0 Å². The van der Waals surface area contributed by atoms with Gasteiger partial charge in [-0.25, -0.2) is 0 Å². The molecule has 1 N–H and O–H groups in total. The van der Waals surface area contributed by atoms with Crippen molar-refractivity contribution in [3.05, 3.63) is 0 Å². The molecule has 2 heteroatoms. The Labute approximate surface area is 107 Å². The Morgan fingerprint density at radius 1 is 1.18 bits per heavy atom. The maximum atomic E-state index is 3.53. The fourth-order valence-electron chi connectivity index (χ4n) is 3.43. The molecule has 1 aliphatic heterocycles. The Bertz CT molecular complexity index is 215. The summed E-state index contributed by atoms with van der Waals surface area (Å²) in [6.07, 6.45) is 8.68. The first kappa shape index (κ1) is 13.4. The van der Waals surface area contributed by atoms with Gasteiger partial charge in [0.05, 0.1) is 0 Å². The lowest BCUT2D eigenvalue weighted by Gasteiger charge is -2.26. The number of nitrogens with zero attached hydrogens (tertiary/aromatic N) is 1. The summed E-state index contributed by atoms with van der Waals surface area (Å²) >= 11 is 0. The van der Waals surface area contributed by atoms with Gasteiger partial charge in [-0.3, -0.25) is 0 Å². The van der Waals surface area contributed by atoms with Crippen molar-refractivity contribution in [1.29, 1.82) is 0 Å². The number of fused-ring (bicyclic) bond motifs is 2. The van der Waals surface area contributed by atoms with Gasteiger partial charge in [-0.15, -0.1) is 0 Å². The molecule has 2 aliphatic rings. The fraction of sp³-hybridized carbons (Fsp3) is 1.00. The van der Waals surface area contributed by atoms with Gasteiger partial charge in [0.15, 0.2) is 0 Å². The number of likely N-dealkylation sites (tertiary alicyclic amines) is 1. The summed E-state index contributed by atoms with van der Waals surface area (Å²) in [7, 11) is 0. The van der Waals surface area contributed by atoms with Crippen LogP contribution in [0.15, 0.2) is 0 Å². The van der Waals surface area contributed by atoms with E-state index in [9.17, 15) is 0 Å². The standard InChI is InChI=1S/C15H30N2/c1-13(2)11-16-8-4-3-5-9-17-12-14-6-7-15(17)10-14/h13-16H,3-12H2,1-2H3. The van der Waals surface area contributed by atoms with Crippen molar-refractivity contribution < 1.29 is 0 Å². The first-order valence-corrected chi connectivity index (χ1v) is 7.70. The SMILES string of the molecule is CC(C)CNCCCCCN1CC2CCC1C2. The Morgan fingerprint density at radius 3 is 2.71 bits per heavy atom. The van der Waals surface area contributed by atoms with Gasteiger partial charge in [0.25, 0.3) is 0 Å². The van der Waals surface area contributed by atoms with E-state index in [1.807, 2.05) is 0 Å². The third-order valence-electron chi connectivity index (χ3n) is 4.37. The predicted octanol–water partition coefficient (Wildman–Crippen LogP) is 2.89. The van der Waals surface area contributed by atoms with Crippen LogP contribution in [0.2, 0.25) is 0 Å². The average molecular weight is 238 g/mol. The molecular formula is C15H30N2. The summed E-state index contributed by atoms with van der Waals surface area (Å²) in [5.74, 6) is 1.85. The zero-order chi connectivity index (χ0) is 12.1. The third kappa shape index (κ3) is 4.26. The quantitative estimate of drug-likeness (QED) is 0.654. The van der Waals surface area contributed by atoms with E-state index in [0.717, 1.165) is 17.9 Å². The molecule has 2 unspecified atom stereocenters. The van der Waals surface area contributed by atoms with E-state index in [2.05, 4.69) is 24.1 Å². The van der Waals surface area contributed by atoms with Crippen LogP contribution < -0.4 is 5.32 Å². The predicted molar refractivity (Wildman–Crippen MR) is 74.3 cm³/mol. The average Bonchev–Trinajstić information content (AvgIpc) is 2.89. The summed E-state index contributed by atoms with van der Waals surface area (Å²) in [5, 5.41) is 3.53. The zero-order valence-electron chi connectivity index (χ0n) is 11.8. The first-order valence-electron chi connectivity index (χ1n) is 7.70. The van der Waals surface area contributed by atoms with Crippen LogP contribution in [0.4, 0.5) is 0 Å². The van der Waals surface area contributed by atoms with Gasteiger partial charge >= 0.3 is 0 Å².